The Morgan fingerprint density at radius 1 is 1.25 bits per heavy atom. The van der Waals surface area contributed by atoms with Crippen molar-refractivity contribution in [2.45, 2.75) is 26.3 Å². The molecule has 1 saturated carbocycles. The summed E-state index contributed by atoms with van der Waals surface area (Å²) in [6, 6.07) is 9.89. The van der Waals surface area contributed by atoms with Gasteiger partial charge in [-0.15, -0.1) is 0 Å². The van der Waals surface area contributed by atoms with Crippen LogP contribution in [-0.2, 0) is 16.1 Å². The zero-order chi connectivity index (χ0) is 14.5. The molecule has 4 nitrogen and oxygen atoms in total. The summed E-state index contributed by atoms with van der Waals surface area (Å²) >= 11 is 0. The lowest BCUT2D eigenvalue weighted by atomic mass is 10.2. The second-order valence-corrected chi connectivity index (χ2v) is 5.42. The first-order valence-corrected chi connectivity index (χ1v) is 7.20. The monoisotopic (exact) mass is 274 g/mol. The molecule has 1 N–H and O–H groups in total. The molecule has 1 aromatic carbocycles. The third-order valence-corrected chi connectivity index (χ3v) is 3.63. The SMILES string of the molecule is CCCNC(=O)C1CC1C(=O)N(C)Cc1ccccc1. The van der Waals surface area contributed by atoms with Gasteiger partial charge in [0.1, 0.15) is 0 Å². The van der Waals surface area contributed by atoms with E-state index in [9.17, 15) is 9.59 Å². The quantitative estimate of drug-likeness (QED) is 0.860. The van der Waals surface area contributed by atoms with Crippen LogP contribution in [0.2, 0.25) is 0 Å². The van der Waals surface area contributed by atoms with Crippen LogP contribution in [0.3, 0.4) is 0 Å². The van der Waals surface area contributed by atoms with Gasteiger partial charge in [0.25, 0.3) is 0 Å². The molecular formula is C16H22N2O2. The Bertz CT molecular complexity index is 473. The van der Waals surface area contributed by atoms with Crippen molar-refractivity contribution in [1.82, 2.24) is 10.2 Å². The van der Waals surface area contributed by atoms with Crippen molar-refractivity contribution in [2.75, 3.05) is 13.6 Å². The van der Waals surface area contributed by atoms with Crippen LogP contribution in [0, 0.1) is 11.8 Å². The van der Waals surface area contributed by atoms with E-state index in [1.165, 1.54) is 0 Å². The van der Waals surface area contributed by atoms with E-state index in [1.807, 2.05) is 37.3 Å². The standard InChI is InChI=1S/C16H22N2O2/c1-3-9-17-15(19)13-10-14(13)16(20)18(2)11-12-7-5-4-6-8-12/h4-8,13-14H,3,9-11H2,1-2H3,(H,17,19). The first-order chi connectivity index (χ1) is 9.63. The smallest absolute Gasteiger partial charge is 0.226 e. The third-order valence-electron chi connectivity index (χ3n) is 3.63. The van der Waals surface area contributed by atoms with Gasteiger partial charge in [0.05, 0.1) is 11.8 Å². The van der Waals surface area contributed by atoms with Crippen LogP contribution >= 0.6 is 0 Å². The summed E-state index contributed by atoms with van der Waals surface area (Å²) < 4.78 is 0. The van der Waals surface area contributed by atoms with E-state index in [1.54, 1.807) is 11.9 Å². The maximum atomic E-state index is 12.2. The summed E-state index contributed by atoms with van der Waals surface area (Å²) in [6.45, 7) is 3.30. The van der Waals surface area contributed by atoms with Gasteiger partial charge in [-0.1, -0.05) is 37.3 Å². The number of benzene rings is 1. The van der Waals surface area contributed by atoms with Gasteiger partial charge in [0.2, 0.25) is 11.8 Å². The fraction of sp³-hybridized carbons (Fsp3) is 0.500. The zero-order valence-electron chi connectivity index (χ0n) is 12.1. The van der Waals surface area contributed by atoms with Crippen LogP contribution in [0.5, 0.6) is 0 Å². The molecule has 0 aliphatic heterocycles. The van der Waals surface area contributed by atoms with Crippen molar-refractivity contribution in [3.05, 3.63) is 35.9 Å². The summed E-state index contributed by atoms with van der Waals surface area (Å²) in [5, 5.41) is 2.86. The number of carbonyl (C=O) groups is 2. The summed E-state index contributed by atoms with van der Waals surface area (Å²) in [5.41, 5.74) is 1.11. The number of hydrogen-bond donors (Lipinski definition) is 1. The maximum Gasteiger partial charge on any atom is 0.226 e. The van der Waals surface area contributed by atoms with Crippen molar-refractivity contribution >= 4 is 11.8 Å². The summed E-state index contributed by atoms with van der Waals surface area (Å²) in [6.07, 6.45) is 1.61. The molecule has 0 saturated heterocycles. The van der Waals surface area contributed by atoms with Gasteiger partial charge in [0, 0.05) is 20.1 Å². The largest absolute Gasteiger partial charge is 0.356 e. The number of nitrogens with one attached hydrogen (secondary N) is 1. The molecule has 4 heteroatoms. The Hall–Kier alpha value is -1.84. The van der Waals surface area contributed by atoms with Crippen molar-refractivity contribution in [1.29, 1.82) is 0 Å². The normalized spacial score (nSPS) is 20.3. The molecular weight excluding hydrogens is 252 g/mol. The fourth-order valence-electron chi connectivity index (χ4n) is 2.36. The van der Waals surface area contributed by atoms with Crippen molar-refractivity contribution in [3.8, 4) is 0 Å². The van der Waals surface area contributed by atoms with E-state index in [0.717, 1.165) is 12.0 Å². The molecule has 0 heterocycles. The highest BCUT2D eigenvalue weighted by atomic mass is 16.2. The van der Waals surface area contributed by atoms with Crippen molar-refractivity contribution < 1.29 is 9.59 Å². The van der Waals surface area contributed by atoms with E-state index in [-0.39, 0.29) is 23.7 Å². The molecule has 2 unspecified atom stereocenters. The number of rotatable bonds is 6. The number of carbonyl (C=O) groups excluding carboxylic acids is 2. The Balaban J connectivity index is 1.82. The second-order valence-electron chi connectivity index (χ2n) is 5.42. The van der Waals surface area contributed by atoms with Crippen molar-refractivity contribution in [3.63, 3.8) is 0 Å². The van der Waals surface area contributed by atoms with E-state index in [2.05, 4.69) is 5.32 Å². The van der Waals surface area contributed by atoms with Gasteiger partial charge in [0.15, 0.2) is 0 Å². The summed E-state index contributed by atoms with van der Waals surface area (Å²) in [4.78, 5) is 25.7. The van der Waals surface area contributed by atoms with Crippen LogP contribution in [0.25, 0.3) is 0 Å². The van der Waals surface area contributed by atoms with Crippen LogP contribution in [0.15, 0.2) is 30.3 Å². The molecule has 0 radical (unpaired) electrons. The molecule has 2 amide bonds. The van der Waals surface area contributed by atoms with Crippen LogP contribution in [0.4, 0.5) is 0 Å². The molecule has 1 aromatic rings. The number of nitrogens with zero attached hydrogens (tertiary/aromatic N) is 1. The molecule has 1 aliphatic rings. The lowest BCUT2D eigenvalue weighted by Crippen LogP contribution is -2.31. The van der Waals surface area contributed by atoms with E-state index >= 15 is 0 Å². The highest BCUT2D eigenvalue weighted by Gasteiger charge is 2.48. The number of amides is 2. The van der Waals surface area contributed by atoms with Gasteiger partial charge in [-0.3, -0.25) is 9.59 Å². The minimum atomic E-state index is -0.124. The minimum Gasteiger partial charge on any atom is -0.356 e. The van der Waals surface area contributed by atoms with Crippen molar-refractivity contribution in [2.24, 2.45) is 11.8 Å². The highest BCUT2D eigenvalue weighted by molar-refractivity contribution is 5.92. The lowest BCUT2D eigenvalue weighted by molar-refractivity contribution is -0.134. The fourth-order valence-corrected chi connectivity index (χ4v) is 2.36. The minimum absolute atomic E-state index is 0.0262. The molecule has 1 fully saturated rings. The molecule has 2 rings (SSSR count). The first kappa shape index (κ1) is 14.6. The highest BCUT2D eigenvalue weighted by Crippen LogP contribution is 2.40. The summed E-state index contributed by atoms with van der Waals surface area (Å²) in [5.74, 6) is -0.142. The predicted octanol–water partition coefficient (Wildman–Crippen LogP) is 1.81. The van der Waals surface area contributed by atoms with Gasteiger partial charge < -0.3 is 10.2 Å². The maximum absolute atomic E-state index is 12.2. The Kier molecular flexibility index (Phi) is 4.77. The third kappa shape index (κ3) is 3.59. The average molecular weight is 274 g/mol. The van der Waals surface area contributed by atoms with E-state index in [0.29, 0.717) is 19.5 Å². The van der Waals surface area contributed by atoms with Gasteiger partial charge in [-0.25, -0.2) is 0 Å². The first-order valence-electron chi connectivity index (χ1n) is 7.20. The molecule has 0 spiro atoms. The summed E-state index contributed by atoms with van der Waals surface area (Å²) in [7, 11) is 1.80. The average Bonchev–Trinajstić information content (AvgIpc) is 3.25. The topological polar surface area (TPSA) is 49.4 Å². The zero-order valence-corrected chi connectivity index (χ0v) is 12.1. The molecule has 0 aromatic heterocycles. The molecule has 0 bridgehead atoms. The Morgan fingerprint density at radius 2 is 1.95 bits per heavy atom. The second kappa shape index (κ2) is 6.55. The molecule has 20 heavy (non-hydrogen) atoms. The van der Waals surface area contributed by atoms with Crippen LogP contribution in [0.1, 0.15) is 25.3 Å². The van der Waals surface area contributed by atoms with Gasteiger partial charge in [-0.2, -0.15) is 0 Å². The van der Waals surface area contributed by atoms with E-state index < -0.39 is 0 Å². The molecule has 1 aliphatic carbocycles. The van der Waals surface area contributed by atoms with Crippen LogP contribution in [-0.4, -0.2) is 30.3 Å². The van der Waals surface area contributed by atoms with Gasteiger partial charge in [-0.05, 0) is 18.4 Å². The molecule has 2 atom stereocenters. The number of hydrogen-bond acceptors (Lipinski definition) is 2. The predicted molar refractivity (Wildman–Crippen MR) is 77.8 cm³/mol. The Morgan fingerprint density at radius 3 is 2.60 bits per heavy atom. The van der Waals surface area contributed by atoms with Crippen LogP contribution < -0.4 is 5.32 Å². The van der Waals surface area contributed by atoms with E-state index in [4.69, 9.17) is 0 Å². The van der Waals surface area contributed by atoms with Gasteiger partial charge >= 0.3 is 0 Å². The molecule has 108 valence electrons. The lowest BCUT2D eigenvalue weighted by Gasteiger charge is -2.17. The Labute approximate surface area is 120 Å².